The predicted octanol–water partition coefficient (Wildman–Crippen LogP) is 1.14. The van der Waals surface area contributed by atoms with Crippen molar-refractivity contribution in [2.24, 2.45) is 5.73 Å². The molecule has 0 saturated carbocycles. The molecule has 1 aromatic rings. The highest BCUT2D eigenvalue weighted by molar-refractivity contribution is 5.91. The molecule has 1 aromatic carbocycles. The van der Waals surface area contributed by atoms with Crippen LogP contribution in [0.25, 0.3) is 0 Å². The van der Waals surface area contributed by atoms with Gasteiger partial charge in [-0.05, 0) is 25.1 Å². The molecule has 0 radical (unpaired) electrons. The number of nitrogens with two attached hydrogens (primary N) is 1. The van der Waals surface area contributed by atoms with Crippen LogP contribution in [0.2, 0.25) is 0 Å². The summed E-state index contributed by atoms with van der Waals surface area (Å²) in [7, 11) is 0. The number of anilines is 1. The summed E-state index contributed by atoms with van der Waals surface area (Å²) in [4.78, 5) is 11.5. The maximum Gasteiger partial charge on any atom is 0.224 e. The van der Waals surface area contributed by atoms with E-state index in [4.69, 9.17) is 15.2 Å². The lowest BCUT2D eigenvalue weighted by molar-refractivity contribution is -0.116. The van der Waals surface area contributed by atoms with E-state index in [-0.39, 0.29) is 5.91 Å². The molecule has 0 aliphatic carbocycles. The van der Waals surface area contributed by atoms with Gasteiger partial charge in [0.1, 0.15) is 13.2 Å². The van der Waals surface area contributed by atoms with Crippen LogP contribution in [0.5, 0.6) is 11.5 Å². The van der Waals surface area contributed by atoms with Crippen molar-refractivity contribution in [3.05, 3.63) is 18.2 Å². The maximum atomic E-state index is 11.5. The van der Waals surface area contributed by atoms with Gasteiger partial charge in [-0.1, -0.05) is 0 Å². The van der Waals surface area contributed by atoms with Crippen LogP contribution in [-0.2, 0) is 4.79 Å². The summed E-state index contributed by atoms with van der Waals surface area (Å²) < 4.78 is 10.8. The van der Waals surface area contributed by atoms with Crippen LogP contribution in [0, 0.1) is 0 Å². The number of benzene rings is 1. The summed E-state index contributed by atoms with van der Waals surface area (Å²) in [5.74, 6) is 1.36. The smallest absolute Gasteiger partial charge is 0.224 e. The average Bonchev–Trinajstić information content (AvgIpc) is 2.36. The summed E-state index contributed by atoms with van der Waals surface area (Å²) >= 11 is 0. The van der Waals surface area contributed by atoms with Crippen molar-refractivity contribution in [2.45, 2.75) is 12.8 Å². The standard InChI is InChI=1S/C12H16N2O3/c13-5-1-2-12(15)14-9-3-4-10-11(8-9)17-7-6-16-10/h3-4,8H,1-2,5-7,13H2,(H,14,15). The van der Waals surface area contributed by atoms with Crippen LogP contribution in [-0.4, -0.2) is 25.7 Å². The van der Waals surface area contributed by atoms with Gasteiger partial charge in [0.2, 0.25) is 5.91 Å². The van der Waals surface area contributed by atoms with Crippen molar-refractivity contribution in [1.82, 2.24) is 0 Å². The van der Waals surface area contributed by atoms with Gasteiger partial charge in [-0.15, -0.1) is 0 Å². The number of rotatable bonds is 4. The zero-order valence-electron chi connectivity index (χ0n) is 9.57. The lowest BCUT2D eigenvalue weighted by Crippen LogP contribution is -2.16. The minimum atomic E-state index is -0.0351. The summed E-state index contributed by atoms with van der Waals surface area (Å²) in [6, 6.07) is 5.37. The fraction of sp³-hybridized carbons (Fsp3) is 0.417. The van der Waals surface area contributed by atoms with Crippen molar-refractivity contribution >= 4 is 11.6 Å². The van der Waals surface area contributed by atoms with Crippen LogP contribution >= 0.6 is 0 Å². The molecule has 0 unspecified atom stereocenters. The van der Waals surface area contributed by atoms with Gasteiger partial charge in [0.15, 0.2) is 11.5 Å². The highest BCUT2D eigenvalue weighted by Gasteiger charge is 2.12. The Morgan fingerprint density at radius 1 is 1.29 bits per heavy atom. The lowest BCUT2D eigenvalue weighted by Gasteiger charge is -2.19. The quantitative estimate of drug-likeness (QED) is 0.822. The first kappa shape index (κ1) is 11.7. The zero-order valence-corrected chi connectivity index (χ0v) is 9.57. The third kappa shape index (κ3) is 3.10. The molecular weight excluding hydrogens is 220 g/mol. The number of carbonyl (C=O) groups is 1. The molecule has 0 spiro atoms. The van der Waals surface area contributed by atoms with Crippen LogP contribution in [0.1, 0.15) is 12.8 Å². The third-order valence-electron chi connectivity index (χ3n) is 2.43. The molecule has 3 N–H and O–H groups in total. The number of hydrogen-bond acceptors (Lipinski definition) is 4. The Labute approximate surface area is 99.9 Å². The minimum absolute atomic E-state index is 0.0351. The van der Waals surface area contributed by atoms with Gasteiger partial charge in [-0.2, -0.15) is 0 Å². The number of hydrogen-bond donors (Lipinski definition) is 2. The molecule has 5 nitrogen and oxygen atoms in total. The average molecular weight is 236 g/mol. The molecule has 0 fully saturated rings. The van der Waals surface area contributed by atoms with Crippen molar-refractivity contribution < 1.29 is 14.3 Å². The van der Waals surface area contributed by atoms with Gasteiger partial charge in [0.05, 0.1) is 0 Å². The first-order valence-electron chi connectivity index (χ1n) is 5.69. The normalized spacial score (nSPS) is 13.2. The molecule has 17 heavy (non-hydrogen) atoms. The van der Waals surface area contributed by atoms with Crippen LogP contribution in [0.4, 0.5) is 5.69 Å². The number of ether oxygens (including phenoxy) is 2. The largest absolute Gasteiger partial charge is 0.486 e. The molecule has 1 amide bonds. The zero-order chi connectivity index (χ0) is 12.1. The van der Waals surface area contributed by atoms with E-state index in [2.05, 4.69) is 5.32 Å². The van der Waals surface area contributed by atoms with Crippen LogP contribution in [0.3, 0.4) is 0 Å². The molecule has 0 saturated heterocycles. The van der Waals surface area contributed by atoms with Crippen molar-refractivity contribution in [2.75, 3.05) is 25.1 Å². The number of amides is 1. The van der Waals surface area contributed by atoms with Gasteiger partial charge in [0.25, 0.3) is 0 Å². The van der Waals surface area contributed by atoms with Gasteiger partial charge in [-0.25, -0.2) is 0 Å². The Bertz CT molecular complexity index is 407. The molecule has 1 heterocycles. The second-order valence-electron chi connectivity index (χ2n) is 3.80. The number of carbonyl (C=O) groups excluding carboxylic acids is 1. The van der Waals surface area contributed by atoms with Crippen LogP contribution < -0.4 is 20.5 Å². The fourth-order valence-corrected chi connectivity index (χ4v) is 1.61. The van der Waals surface area contributed by atoms with Crippen molar-refractivity contribution in [3.63, 3.8) is 0 Å². The summed E-state index contributed by atoms with van der Waals surface area (Å²) in [6.45, 7) is 1.63. The Balaban J connectivity index is 1.99. The Hall–Kier alpha value is -1.75. The first-order valence-corrected chi connectivity index (χ1v) is 5.69. The SMILES string of the molecule is NCCCC(=O)Nc1ccc2c(c1)OCCO2. The Kier molecular flexibility index (Phi) is 3.82. The lowest BCUT2D eigenvalue weighted by atomic mass is 10.2. The van der Waals surface area contributed by atoms with E-state index in [0.29, 0.717) is 38.3 Å². The molecule has 0 aromatic heterocycles. The van der Waals surface area contributed by atoms with E-state index in [1.165, 1.54) is 0 Å². The Morgan fingerprint density at radius 2 is 2.06 bits per heavy atom. The van der Waals surface area contributed by atoms with Crippen molar-refractivity contribution in [3.8, 4) is 11.5 Å². The molecule has 92 valence electrons. The molecular formula is C12H16N2O3. The monoisotopic (exact) mass is 236 g/mol. The molecule has 1 aliphatic rings. The molecule has 0 atom stereocenters. The minimum Gasteiger partial charge on any atom is -0.486 e. The third-order valence-corrected chi connectivity index (χ3v) is 2.43. The summed E-state index contributed by atoms with van der Waals surface area (Å²) in [5.41, 5.74) is 6.06. The van der Waals surface area contributed by atoms with Crippen LogP contribution in [0.15, 0.2) is 18.2 Å². The maximum absolute atomic E-state index is 11.5. The highest BCUT2D eigenvalue weighted by Crippen LogP contribution is 2.32. The van der Waals surface area contributed by atoms with E-state index in [0.717, 1.165) is 11.4 Å². The van der Waals surface area contributed by atoms with Gasteiger partial charge < -0.3 is 20.5 Å². The van der Waals surface area contributed by atoms with Gasteiger partial charge >= 0.3 is 0 Å². The molecule has 5 heteroatoms. The predicted molar refractivity (Wildman–Crippen MR) is 64.4 cm³/mol. The van der Waals surface area contributed by atoms with E-state index in [9.17, 15) is 4.79 Å². The van der Waals surface area contributed by atoms with E-state index < -0.39 is 0 Å². The second-order valence-corrected chi connectivity index (χ2v) is 3.80. The molecule has 2 rings (SSSR count). The van der Waals surface area contributed by atoms with Gasteiger partial charge in [-0.3, -0.25) is 4.79 Å². The van der Waals surface area contributed by atoms with E-state index >= 15 is 0 Å². The summed E-state index contributed by atoms with van der Waals surface area (Å²) in [6.07, 6.45) is 1.13. The Morgan fingerprint density at radius 3 is 2.82 bits per heavy atom. The van der Waals surface area contributed by atoms with E-state index in [1.54, 1.807) is 18.2 Å². The van der Waals surface area contributed by atoms with Crippen molar-refractivity contribution in [1.29, 1.82) is 0 Å². The second kappa shape index (κ2) is 5.54. The van der Waals surface area contributed by atoms with E-state index in [1.807, 2.05) is 0 Å². The number of nitrogens with one attached hydrogen (secondary N) is 1. The number of fused-ring (bicyclic) bond motifs is 1. The molecule has 1 aliphatic heterocycles. The topological polar surface area (TPSA) is 73.6 Å². The first-order chi connectivity index (χ1) is 8.29. The van der Waals surface area contributed by atoms with Gasteiger partial charge in [0, 0.05) is 18.2 Å². The summed E-state index contributed by atoms with van der Waals surface area (Å²) in [5, 5.41) is 2.80. The fourth-order valence-electron chi connectivity index (χ4n) is 1.61. The molecule has 0 bridgehead atoms. The highest BCUT2D eigenvalue weighted by atomic mass is 16.6.